The Bertz CT molecular complexity index is 1420. The van der Waals surface area contributed by atoms with Gasteiger partial charge in [0, 0.05) is 40.6 Å². The molecule has 0 saturated carbocycles. The minimum Gasteiger partial charge on any atom is -0.468 e. The van der Waals surface area contributed by atoms with Crippen LogP contribution >= 0.6 is 11.6 Å². The van der Waals surface area contributed by atoms with Crippen molar-refractivity contribution in [1.82, 2.24) is 15.2 Å². The van der Waals surface area contributed by atoms with Gasteiger partial charge in [0.15, 0.2) is 0 Å². The molecule has 1 aliphatic rings. The molecule has 0 aliphatic carbocycles. The number of benzene rings is 3. The fourth-order valence-corrected chi connectivity index (χ4v) is 5.10. The molecule has 0 bridgehead atoms. The van der Waals surface area contributed by atoms with Crippen molar-refractivity contribution in [3.63, 3.8) is 0 Å². The molecule has 1 saturated heterocycles. The number of amides is 1. The van der Waals surface area contributed by atoms with Crippen LogP contribution in [0.2, 0.25) is 5.02 Å². The molecule has 3 aromatic carbocycles. The molecule has 6 nitrogen and oxygen atoms in total. The largest absolute Gasteiger partial charge is 0.468 e. The molecule has 5 rings (SSSR count). The summed E-state index contributed by atoms with van der Waals surface area (Å²) >= 11 is 6.27. The van der Waals surface area contributed by atoms with E-state index in [1.165, 1.54) is 19.2 Å². The first-order chi connectivity index (χ1) is 17.4. The van der Waals surface area contributed by atoms with Crippen LogP contribution in [0, 0.1) is 5.82 Å². The van der Waals surface area contributed by atoms with Crippen LogP contribution in [0.1, 0.15) is 22.5 Å². The van der Waals surface area contributed by atoms with Gasteiger partial charge in [-0.1, -0.05) is 54.1 Å². The molecule has 4 aromatic rings. The number of rotatable bonds is 6. The van der Waals surface area contributed by atoms with Crippen LogP contribution in [0.15, 0.2) is 72.8 Å². The van der Waals surface area contributed by atoms with Gasteiger partial charge in [-0.2, -0.15) is 0 Å². The lowest BCUT2D eigenvalue weighted by atomic mass is 10.0. The molecule has 0 unspecified atom stereocenters. The Morgan fingerprint density at radius 1 is 1.11 bits per heavy atom. The van der Waals surface area contributed by atoms with Crippen LogP contribution in [0.25, 0.3) is 22.0 Å². The van der Waals surface area contributed by atoms with Crippen LogP contribution in [0.3, 0.4) is 0 Å². The third-order valence-electron chi connectivity index (χ3n) is 6.54. The van der Waals surface area contributed by atoms with Gasteiger partial charge < -0.3 is 15.0 Å². The van der Waals surface area contributed by atoms with Gasteiger partial charge in [0.1, 0.15) is 17.6 Å². The average molecular weight is 506 g/mol. The van der Waals surface area contributed by atoms with E-state index in [1.54, 1.807) is 12.1 Å². The van der Waals surface area contributed by atoms with E-state index in [0.29, 0.717) is 30.2 Å². The maximum absolute atomic E-state index is 13.7. The second kappa shape index (κ2) is 10.1. The van der Waals surface area contributed by atoms with Gasteiger partial charge in [0.05, 0.1) is 7.11 Å². The van der Waals surface area contributed by atoms with Crippen molar-refractivity contribution in [1.29, 1.82) is 0 Å². The van der Waals surface area contributed by atoms with E-state index in [0.717, 1.165) is 27.6 Å². The SMILES string of the molecule is COC(=O)[C@@H]1C[C@H](NC(=O)c2[nH]c3ccc(Cl)cc3c2-c2ccccc2)CN1Cc1cccc(F)c1. The Labute approximate surface area is 213 Å². The Balaban J connectivity index is 1.42. The molecular formula is C28H25ClFN3O3. The van der Waals surface area contributed by atoms with E-state index < -0.39 is 6.04 Å². The van der Waals surface area contributed by atoms with Crippen molar-refractivity contribution < 1.29 is 18.7 Å². The van der Waals surface area contributed by atoms with Gasteiger partial charge in [0.2, 0.25) is 0 Å². The monoisotopic (exact) mass is 505 g/mol. The van der Waals surface area contributed by atoms with E-state index in [9.17, 15) is 14.0 Å². The number of carbonyl (C=O) groups is 2. The summed E-state index contributed by atoms with van der Waals surface area (Å²) in [4.78, 5) is 31.2. The molecule has 1 aliphatic heterocycles. The summed E-state index contributed by atoms with van der Waals surface area (Å²) in [6.45, 7) is 0.790. The van der Waals surface area contributed by atoms with E-state index in [1.807, 2.05) is 53.4 Å². The summed E-state index contributed by atoms with van der Waals surface area (Å²) in [6, 6.07) is 20.6. The number of H-pyrrole nitrogens is 1. The highest BCUT2D eigenvalue weighted by Gasteiger charge is 2.38. The number of esters is 1. The number of fused-ring (bicyclic) bond motifs is 1. The highest BCUT2D eigenvalue weighted by atomic mass is 35.5. The zero-order valence-corrected chi connectivity index (χ0v) is 20.4. The molecule has 0 radical (unpaired) electrons. The number of methoxy groups -OCH3 is 1. The Kier molecular flexibility index (Phi) is 6.76. The molecule has 8 heteroatoms. The Morgan fingerprint density at radius 2 is 1.92 bits per heavy atom. The molecule has 1 fully saturated rings. The first-order valence-electron chi connectivity index (χ1n) is 11.7. The zero-order valence-electron chi connectivity index (χ0n) is 19.6. The molecule has 2 heterocycles. The van der Waals surface area contributed by atoms with Gasteiger partial charge in [0.25, 0.3) is 5.91 Å². The zero-order chi connectivity index (χ0) is 25.2. The number of carbonyl (C=O) groups excluding carboxylic acids is 2. The number of halogens is 2. The molecule has 36 heavy (non-hydrogen) atoms. The summed E-state index contributed by atoms with van der Waals surface area (Å²) in [5.74, 6) is -0.991. The number of nitrogens with zero attached hydrogens (tertiary/aromatic N) is 1. The summed E-state index contributed by atoms with van der Waals surface area (Å²) in [5, 5.41) is 4.52. The number of hydrogen-bond donors (Lipinski definition) is 2. The van der Waals surface area contributed by atoms with Crippen molar-refractivity contribution in [3.8, 4) is 11.1 Å². The van der Waals surface area contributed by atoms with Gasteiger partial charge in [-0.25, -0.2) is 4.39 Å². The normalized spacial score (nSPS) is 17.9. The number of nitrogens with one attached hydrogen (secondary N) is 2. The molecule has 1 aromatic heterocycles. The van der Waals surface area contributed by atoms with E-state index in [4.69, 9.17) is 16.3 Å². The average Bonchev–Trinajstić information content (AvgIpc) is 3.45. The second-order valence-electron chi connectivity index (χ2n) is 8.94. The number of ether oxygens (including phenoxy) is 1. The number of aromatic amines is 1. The van der Waals surface area contributed by atoms with Crippen LogP contribution in [-0.2, 0) is 16.1 Å². The van der Waals surface area contributed by atoms with E-state index >= 15 is 0 Å². The summed E-state index contributed by atoms with van der Waals surface area (Å²) in [7, 11) is 1.34. The predicted octanol–water partition coefficient (Wildman–Crippen LogP) is 5.17. The van der Waals surface area contributed by atoms with Crippen molar-refractivity contribution in [2.45, 2.75) is 25.0 Å². The van der Waals surface area contributed by atoms with Crippen molar-refractivity contribution in [3.05, 3.63) is 94.9 Å². The van der Waals surface area contributed by atoms with Gasteiger partial charge in [-0.15, -0.1) is 0 Å². The first kappa shape index (κ1) is 24.0. The van der Waals surface area contributed by atoms with Crippen molar-refractivity contribution >= 4 is 34.4 Å². The van der Waals surface area contributed by atoms with Gasteiger partial charge in [-0.3, -0.25) is 14.5 Å². The highest BCUT2D eigenvalue weighted by Crippen LogP contribution is 2.34. The van der Waals surface area contributed by atoms with Crippen LogP contribution < -0.4 is 5.32 Å². The lowest BCUT2D eigenvalue weighted by molar-refractivity contribution is -0.146. The highest BCUT2D eigenvalue weighted by molar-refractivity contribution is 6.31. The quantitative estimate of drug-likeness (QED) is 0.354. The van der Waals surface area contributed by atoms with E-state index in [-0.39, 0.29) is 23.7 Å². The third-order valence-corrected chi connectivity index (χ3v) is 6.77. The van der Waals surface area contributed by atoms with E-state index in [2.05, 4.69) is 10.3 Å². The minimum atomic E-state index is -0.543. The Morgan fingerprint density at radius 3 is 2.67 bits per heavy atom. The van der Waals surface area contributed by atoms with Gasteiger partial charge in [-0.05, 0) is 47.9 Å². The Hall–Kier alpha value is -3.68. The maximum Gasteiger partial charge on any atom is 0.323 e. The maximum atomic E-state index is 13.7. The molecule has 184 valence electrons. The van der Waals surface area contributed by atoms with Crippen LogP contribution in [0.4, 0.5) is 4.39 Å². The second-order valence-corrected chi connectivity index (χ2v) is 9.37. The molecule has 2 atom stereocenters. The molecule has 0 spiro atoms. The molecular weight excluding hydrogens is 481 g/mol. The summed E-state index contributed by atoms with van der Waals surface area (Å²) in [6.07, 6.45) is 0.389. The fourth-order valence-electron chi connectivity index (χ4n) is 4.93. The minimum absolute atomic E-state index is 0.276. The summed E-state index contributed by atoms with van der Waals surface area (Å²) < 4.78 is 18.7. The molecule has 1 amide bonds. The topological polar surface area (TPSA) is 74.4 Å². The van der Waals surface area contributed by atoms with Crippen LogP contribution in [0.5, 0.6) is 0 Å². The van der Waals surface area contributed by atoms with Crippen molar-refractivity contribution in [2.75, 3.05) is 13.7 Å². The number of aromatic nitrogens is 1. The number of likely N-dealkylation sites (tertiary alicyclic amines) is 1. The number of hydrogen-bond acceptors (Lipinski definition) is 4. The van der Waals surface area contributed by atoms with Crippen molar-refractivity contribution in [2.24, 2.45) is 0 Å². The standard InChI is InChI=1S/C28H25ClFN3O3/c1-36-28(35)24-14-21(16-33(24)15-17-6-5-9-20(30)12-17)31-27(34)26-25(18-7-3-2-4-8-18)22-13-19(29)10-11-23(22)32-26/h2-13,21,24,32H,14-16H2,1H3,(H,31,34)/t21-,24-/m0/s1. The third kappa shape index (κ3) is 4.85. The summed E-state index contributed by atoms with van der Waals surface area (Å²) in [5.41, 5.74) is 3.63. The smallest absolute Gasteiger partial charge is 0.323 e. The predicted molar refractivity (Wildman–Crippen MR) is 137 cm³/mol. The lowest BCUT2D eigenvalue weighted by Crippen LogP contribution is -2.38. The van der Waals surface area contributed by atoms with Crippen LogP contribution in [-0.4, -0.2) is 47.5 Å². The molecule has 2 N–H and O–H groups in total. The lowest BCUT2D eigenvalue weighted by Gasteiger charge is -2.22. The van der Waals surface area contributed by atoms with Gasteiger partial charge >= 0.3 is 5.97 Å². The first-order valence-corrected chi connectivity index (χ1v) is 12.0. The fraction of sp³-hybridized carbons (Fsp3) is 0.214.